The molecule has 2 nitrogen and oxygen atoms in total. The standard InChI is InChI=1S/C56H40N2/c1-6-19-41(20-7-1)42-33-35-48(36-34-42)57(50-37-38-54-52(40-50)51-31-16-17-32-53(51)58(54)47-28-14-5-15-29-47)49-30-18-27-46(39-49)56(45-25-12-4-13-26-45)55(43-21-8-2-9-22-43)44-23-10-3-11-24-44/h1-40H. The quantitative estimate of drug-likeness (QED) is 0.134. The van der Waals surface area contributed by atoms with Crippen molar-refractivity contribution in [1.82, 2.24) is 4.57 Å². The molecule has 0 fully saturated rings. The minimum Gasteiger partial charge on any atom is -0.310 e. The van der Waals surface area contributed by atoms with Gasteiger partial charge < -0.3 is 9.47 Å². The summed E-state index contributed by atoms with van der Waals surface area (Å²) in [6, 6.07) is 87.3. The third-order valence-corrected chi connectivity index (χ3v) is 11.0. The second-order valence-corrected chi connectivity index (χ2v) is 14.5. The summed E-state index contributed by atoms with van der Waals surface area (Å²) in [6.45, 7) is 0. The van der Waals surface area contributed by atoms with Gasteiger partial charge in [0.1, 0.15) is 0 Å². The number of hydrogen-bond acceptors (Lipinski definition) is 1. The summed E-state index contributed by atoms with van der Waals surface area (Å²) in [4.78, 5) is 2.40. The molecular formula is C56H40N2. The van der Waals surface area contributed by atoms with Crippen molar-refractivity contribution in [3.05, 3.63) is 265 Å². The van der Waals surface area contributed by atoms with Crippen LogP contribution in [0.15, 0.2) is 243 Å². The molecule has 0 aliphatic carbocycles. The number of rotatable bonds is 9. The Labute approximate surface area is 339 Å². The van der Waals surface area contributed by atoms with E-state index in [-0.39, 0.29) is 0 Å². The molecular weight excluding hydrogens is 701 g/mol. The zero-order valence-electron chi connectivity index (χ0n) is 32.0. The van der Waals surface area contributed by atoms with Crippen molar-refractivity contribution in [3.8, 4) is 16.8 Å². The van der Waals surface area contributed by atoms with Crippen LogP contribution in [0.4, 0.5) is 17.1 Å². The number of para-hydroxylation sites is 2. The van der Waals surface area contributed by atoms with Gasteiger partial charge in [0.05, 0.1) is 11.0 Å². The Balaban J connectivity index is 1.20. The molecule has 274 valence electrons. The van der Waals surface area contributed by atoms with Crippen LogP contribution in [0, 0.1) is 0 Å². The fourth-order valence-electron chi connectivity index (χ4n) is 8.36. The summed E-state index contributed by atoms with van der Waals surface area (Å²) in [6.07, 6.45) is 0. The van der Waals surface area contributed by atoms with E-state index in [0.717, 1.165) is 33.9 Å². The highest BCUT2D eigenvalue weighted by Gasteiger charge is 2.21. The van der Waals surface area contributed by atoms with E-state index in [0.29, 0.717) is 0 Å². The Kier molecular flexibility index (Phi) is 9.27. The van der Waals surface area contributed by atoms with Crippen molar-refractivity contribution in [2.75, 3.05) is 4.90 Å². The Hall–Kier alpha value is -7.68. The lowest BCUT2D eigenvalue weighted by Crippen LogP contribution is -2.10. The monoisotopic (exact) mass is 740 g/mol. The van der Waals surface area contributed by atoms with Crippen LogP contribution >= 0.6 is 0 Å². The van der Waals surface area contributed by atoms with E-state index in [1.54, 1.807) is 0 Å². The summed E-state index contributed by atoms with van der Waals surface area (Å²) in [5.41, 5.74) is 16.2. The first-order valence-corrected chi connectivity index (χ1v) is 19.9. The van der Waals surface area contributed by atoms with Crippen LogP contribution in [-0.2, 0) is 0 Å². The highest BCUT2D eigenvalue weighted by molar-refractivity contribution is 6.11. The predicted molar refractivity (Wildman–Crippen MR) is 245 cm³/mol. The van der Waals surface area contributed by atoms with E-state index < -0.39 is 0 Å². The summed E-state index contributed by atoms with van der Waals surface area (Å²) in [5, 5.41) is 2.43. The van der Waals surface area contributed by atoms with Crippen LogP contribution in [0.25, 0.3) is 49.8 Å². The van der Waals surface area contributed by atoms with Crippen LogP contribution in [0.3, 0.4) is 0 Å². The van der Waals surface area contributed by atoms with Gasteiger partial charge in [-0.05, 0) is 105 Å². The lowest BCUT2D eigenvalue weighted by molar-refractivity contribution is 1.18. The minimum absolute atomic E-state index is 1.07. The summed E-state index contributed by atoms with van der Waals surface area (Å²) < 4.78 is 2.37. The fourth-order valence-corrected chi connectivity index (χ4v) is 8.36. The topological polar surface area (TPSA) is 8.17 Å². The summed E-state index contributed by atoms with van der Waals surface area (Å²) >= 11 is 0. The molecule has 0 atom stereocenters. The van der Waals surface area contributed by atoms with Crippen LogP contribution in [0.2, 0.25) is 0 Å². The van der Waals surface area contributed by atoms with E-state index in [2.05, 4.69) is 252 Å². The lowest BCUT2D eigenvalue weighted by Gasteiger charge is -2.27. The van der Waals surface area contributed by atoms with Gasteiger partial charge in [0.2, 0.25) is 0 Å². The second kappa shape index (κ2) is 15.5. The Morgan fingerprint density at radius 3 is 1.36 bits per heavy atom. The van der Waals surface area contributed by atoms with E-state index in [4.69, 9.17) is 0 Å². The van der Waals surface area contributed by atoms with Crippen molar-refractivity contribution in [2.24, 2.45) is 0 Å². The van der Waals surface area contributed by atoms with Crippen LogP contribution < -0.4 is 4.90 Å². The Morgan fingerprint density at radius 1 is 0.293 bits per heavy atom. The van der Waals surface area contributed by atoms with Crippen LogP contribution in [-0.4, -0.2) is 4.57 Å². The molecule has 0 saturated carbocycles. The van der Waals surface area contributed by atoms with Gasteiger partial charge >= 0.3 is 0 Å². The molecule has 2 heteroatoms. The maximum Gasteiger partial charge on any atom is 0.0542 e. The van der Waals surface area contributed by atoms with Gasteiger partial charge in [-0.2, -0.15) is 0 Å². The molecule has 0 aliphatic heterocycles. The third kappa shape index (κ3) is 6.57. The largest absolute Gasteiger partial charge is 0.310 e. The number of fused-ring (bicyclic) bond motifs is 3. The van der Waals surface area contributed by atoms with Crippen LogP contribution in [0.5, 0.6) is 0 Å². The number of anilines is 3. The maximum atomic E-state index is 2.40. The SMILES string of the molecule is c1ccc(C(=C(c2ccccc2)c2cccc(N(c3ccc(-c4ccccc4)cc3)c3ccc4c(c3)c3ccccc3n4-c3ccccc3)c2)c2ccccc2)cc1. The van der Waals surface area contributed by atoms with Gasteiger partial charge in [-0.15, -0.1) is 0 Å². The van der Waals surface area contributed by atoms with Crippen molar-refractivity contribution < 1.29 is 0 Å². The van der Waals surface area contributed by atoms with Gasteiger partial charge in [-0.25, -0.2) is 0 Å². The molecule has 1 heterocycles. The van der Waals surface area contributed by atoms with Gasteiger partial charge in [0.25, 0.3) is 0 Å². The predicted octanol–water partition coefficient (Wildman–Crippen LogP) is 14.9. The van der Waals surface area contributed by atoms with E-state index >= 15 is 0 Å². The van der Waals surface area contributed by atoms with Gasteiger partial charge in [0.15, 0.2) is 0 Å². The zero-order valence-corrected chi connectivity index (χ0v) is 32.0. The number of nitrogens with zero attached hydrogens (tertiary/aromatic N) is 2. The normalized spacial score (nSPS) is 11.1. The fraction of sp³-hybridized carbons (Fsp3) is 0. The molecule has 0 amide bonds. The Bertz CT molecular complexity index is 2960. The van der Waals surface area contributed by atoms with Gasteiger partial charge in [-0.3, -0.25) is 0 Å². The first-order chi connectivity index (χ1) is 28.8. The van der Waals surface area contributed by atoms with Gasteiger partial charge in [-0.1, -0.05) is 182 Å². The molecule has 0 spiro atoms. The van der Waals surface area contributed by atoms with Crippen molar-refractivity contribution in [1.29, 1.82) is 0 Å². The van der Waals surface area contributed by atoms with Crippen molar-refractivity contribution >= 4 is 50.0 Å². The molecule has 0 aliphatic rings. The first-order valence-electron chi connectivity index (χ1n) is 19.9. The molecule has 0 radical (unpaired) electrons. The minimum atomic E-state index is 1.07. The molecule has 0 N–H and O–H groups in total. The summed E-state index contributed by atoms with van der Waals surface area (Å²) in [7, 11) is 0. The summed E-state index contributed by atoms with van der Waals surface area (Å²) in [5.74, 6) is 0. The molecule has 9 aromatic carbocycles. The van der Waals surface area contributed by atoms with Crippen molar-refractivity contribution in [3.63, 3.8) is 0 Å². The average molecular weight is 741 g/mol. The molecule has 10 aromatic rings. The van der Waals surface area contributed by atoms with Gasteiger partial charge in [0, 0.05) is 33.5 Å². The molecule has 10 rings (SSSR count). The zero-order chi connectivity index (χ0) is 38.7. The molecule has 58 heavy (non-hydrogen) atoms. The van der Waals surface area contributed by atoms with E-state index in [9.17, 15) is 0 Å². The second-order valence-electron chi connectivity index (χ2n) is 14.5. The number of aromatic nitrogens is 1. The molecule has 1 aromatic heterocycles. The molecule has 0 bridgehead atoms. The first kappa shape index (κ1) is 34.8. The Morgan fingerprint density at radius 2 is 0.741 bits per heavy atom. The number of benzene rings is 9. The molecule has 0 unspecified atom stereocenters. The van der Waals surface area contributed by atoms with E-state index in [1.807, 2.05) is 0 Å². The molecule has 0 saturated heterocycles. The highest BCUT2D eigenvalue weighted by Crippen LogP contribution is 2.43. The highest BCUT2D eigenvalue weighted by atomic mass is 15.1. The van der Waals surface area contributed by atoms with Crippen molar-refractivity contribution in [2.45, 2.75) is 0 Å². The smallest absolute Gasteiger partial charge is 0.0542 e. The maximum absolute atomic E-state index is 2.40. The lowest BCUT2D eigenvalue weighted by atomic mass is 9.85. The third-order valence-electron chi connectivity index (χ3n) is 11.0. The van der Waals surface area contributed by atoms with Crippen LogP contribution in [0.1, 0.15) is 22.3 Å². The van der Waals surface area contributed by atoms with E-state index in [1.165, 1.54) is 55.2 Å². The average Bonchev–Trinajstić information content (AvgIpc) is 3.64. The number of hydrogen-bond donors (Lipinski definition) is 0.